The van der Waals surface area contributed by atoms with Crippen molar-refractivity contribution >= 4 is 15.8 Å². The molecule has 2 rings (SSSR count). The largest absolute Gasteiger partial charge is 0.384 e. The third-order valence-corrected chi connectivity index (χ3v) is 4.82. The van der Waals surface area contributed by atoms with E-state index in [1.165, 1.54) is 18.3 Å². The Morgan fingerprint density at radius 3 is 2.48 bits per heavy atom. The summed E-state index contributed by atoms with van der Waals surface area (Å²) < 4.78 is 27.3. The standard InChI is InChI=1S/C15H19N3O2S/c1-10-4-6-14(11(2)8-10)12(3)18-21(19,20)13-5-7-15(16)17-9-13/h4-9,12,18H,1-3H3,(H2,16,17). The van der Waals surface area contributed by atoms with E-state index in [1.807, 2.05) is 39.0 Å². The fourth-order valence-electron chi connectivity index (χ4n) is 2.23. The van der Waals surface area contributed by atoms with Gasteiger partial charge < -0.3 is 5.73 Å². The Labute approximate surface area is 125 Å². The third kappa shape index (κ3) is 3.59. The Morgan fingerprint density at radius 2 is 1.90 bits per heavy atom. The van der Waals surface area contributed by atoms with Gasteiger partial charge in [-0.25, -0.2) is 18.1 Å². The molecule has 5 nitrogen and oxygen atoms in total. The SMILES string of the molecule is Cc1ccc(C(C)NS(=O)(=O)c2ccc(N)nc2)c(C)c1. The van der Waals surface area contributed by atoms with E-state index < -0.39 is 10.0 Å². The number of aromatic nitrogens is 1. The summed E-state index contributed by atoms with van der Waals surface area (Å²) in [6.07, 6.45) is 1.26. The lowest BCUT2D eigenvalue weighted by molar-refractivity contribution is 0.566. The maximum absolute atomic E-state index is 12.3. The van der Waals surface area contributed by atoms with Gasteiger partial charge in [-0.3, -0.25) is 0 Å². The lowest BCUT2D eigenvalue weighted by atomic mass is 10.0. The number of nitrogens with two attached hydrogens (primary N) is 1. The van der Waals surface area contributed by atoms with E-state index in [2.05, 4.69) is 9.71 Å². The number of sulfonamides is 1. The van der Waals surface area contributed by atoms with Crippen LogP contribution in [0.1, 0.15) is 29.7 Å². The van der Waals surface area contributed by atoms with Crippen LogP contribution >= 0.6 is 0 Å². The quantitative estimate of drug-likeness (QED) is 0.907. The normalized spacial score (nSPS) is 13.1. The summed E-state index contributed by atoms with van der Waals surface area (Å²) in [4.78, 5) is 3.92. The fourth-order valence-corrected chi connectivity index (χ4v) is 3.39. The molecule has 2 aromatic rings. The average molecular weight is 305 g/mol. The molecule has 0 aliphatic heterocycles. The molecule has 0 saturated heterocycles. The van der Waals surface area contributed by atoms with Crippen LogP contribution < -0.4 is 10.5 Å². The molecule has 1 atom stereocenters. The van der Waals surface area contributed by atoms with E-state index in [1.54, 1.807) is 0 Å². The van der Waals surface area contributed by atoms with Crippen molar-refractivity contribution in [3.63, 3.8) is 0 Å². The topological polar surface area (TPSA) is 85.1 Å². The van der Waals surface area contributed by atoms with Gasteiger partial charge in [-0.1, -0.05) is 23.8 Å². The van der Waals surface area contributed by atoms with Crippen molar-refractivity contribution in [2.45, 2.75) is 31.7 Å². The molecule has 6 heteroatoms. The Kier molecular flexibility index (Phi) is 4.29. The third-order valence-electron chi connectivity index (χ3n) is 3.29. The number of hydrogen-bond donors (Lipinski definition) is 2. The number of nitrogens with one attached hydrogen (secondary N) is 1. The summed E-state index contributed by atoms with van der Waals surface area (Å²) in [5.74, 6) is 0.288. The first-order valence-corrected chi connectivity index (χ1v) is 8.09. The molecule has 0 saturated carbocycles. The molecule has 0 amide bonds. The van der Waals surface area contributed by atoms with E-state index in [0.29, 0.717) is 0 Å². The maximum Gasteiger partial charge on any atom is 0.242 e. The van der Waals surface area contributed by atoms with Crippen LogP contribution in [0.25, 0.3) is 0 Å². The molecule has 21 heavy (non-hydrogen) atoms. The van der Waals surface area contributed by atoms with E-state index >= 15 is 0 Å². The fraction of sp³-hybridized carbons (Fsp3) is 0.267. The smallest absolute Gasteiger partial charge is 0.242 e. The van der Waals surface area contributed by atoms with E-state index in [0.717, 1.165) is 16.7 Å². The maximum atomic E-state index is 12.3. The Bertz CT molecular complexity index is 740. The molecule has 0 radical (unpaired) electrons. The molecule has 0 bridgehead atoms. The molecule has 0 fully saturated rings. The monoisotopic (exact) mass is 305 g/mol. The predicted octanol–water partition coefficient (Wildman–Crippen LogP) is 2.32. The number of anilines is 1. The van der Waals surface area contributed by atoms with E-state index in [4.69, 9.17) is 5.73 Å². The van der Waals surface area contributed by atoms with Crippen LogP contribution in [-0.4, -0.2) is 13.4 Å². The first-order chi connectivity index (χ1) is 9.79. The highest BCUT2D eigenvalue weighted by atomic mass is 32.2. The van der Waals surface area contributed by atoms with Crippen LogP contribution in [0.5, 0.6) is 0 Å². The highest BCUT2D eigenvalue weighted by Gasteiger charge is 2.19. The lowest BCUT2D eigenvalue weighted by Crippen LogP contribution is -2.27. The summed E-state index contributed by atoms with van der Waals surface area (Å²) in [6.45, 7) is 5.80. The van der Waals surface area contributed by atoms with Gasteiger partial charge >= 0.3 is 0 Å². The molecule has 0 aliphatic carbocycles. The molecule has 1 unspecified atom stereocenters. The number of pyridine rings is 1. The van der Waals surface area contributed by atoms with Crippen LogP contribution in [0.3, 0.4) is 0 Å². The highest BCUT2D eigenvalue weighted by molar-refractivity contribution is 7.89. The Hall–Kier alpha value is -1.92. The molecular weight excluding hydrogens is 286 g/mol. The van der Waals surface area contributed by atoms with Gasteiger partial charge in [0.25, 0.3) is 0 Å². The van der Waals surface area contributed by atoms with Gasteiger partial charge in [0.2, 0.25) is 10.0 Å². The van der Waals surface area contributed by atoms with Crippen LogP contribution in [0, 0.1) is 13.8 Å². The van der Waals surface area contributed by atoms with E-state index in [9.17, 15) is 8.42 Å². The summed E-state index contributed by atoms with van der Waals surface area (Å²) in [7, 11) is -3.62. The number of hydrogen-bond acceptors (Lipinski definition) is 4. The number of nitrogens with zero attached hydrogens (tertiary/aromatic N) is 1. The first kappa shape index (κ1) is 15.5. The molecule has 0 spiro atoms. The van der Waals surface area contributed by atoms with Gasteiger partial charge in [0.05, 0.1) is 0 Å². The molecular formula is C15H19N3O2S. The van der Waals surface area contributed by atoms with Gasteiger partial charge in [-0.2, -0.15) is 0 Å². The summed E-state index contributed by atoms with van der Waals surface area (Å²) in [5.41, 5.74) is 8.62. The zero-order valence-corrected chi connectivity index (χ0v) is 13.1. The number of aryl methyl sites for hydroxylation is 2. The van der Waals surface area contributed by atoms with Gasteiger partial charge in [0.15, 0.2) is 0 Å². The van der Waals surface area contributed by atoms with Gasteiger partial charge in [0, 0.05) is 12.2 Å². The van der Waals surface area contributed by atoms with Gasteiger partial charge in [-0.15, -0.1) is 0 Å². The Morgan fingerprint density at radius 1 is 1.19 bits per heavy atom. The minimum absolute atomic E-state index is 0.105. The van der Waals surface area contributed by atoms with Crippen molar-refractivity contribution in [2.75, 3.05) is 5.73 Å². The number of benzene rings is 1. The second kappa shape index (κ2) is 5.83. The zero-order chi connectivity index (χ0) is 15.6. The van der Waals surface area contributed by atoms with Crippen LogP contribution in [0.2, 0.25) is 0 Å². The minimum atomic E-state index is -3.62. The summed E-state index contributed by atoms with van der Waals surface area (Å²) in [6, 6.07) is 8.53. The van der Waals surface area contributed by atoms with Crippen LogP contribution in [0.4, 0.5) is 5.82 Å². The molecule has 0 aliphatic rings. The molecule has 1 aromatic heterocycles. The van der Waals surface area contributed by atoms with Crippen molar-refractivity contribution in [3.05, 3.63) is 53.2 Å². The lowest BCUT2D eigenvalue weighted by Gasteiger charge is -2.17. The zero-order valence-electron chi connectivity index (χ0n) is 12.3. The minimum Gasteiger partial charge on any atom is -0.384 e. The second-order valence-electron chi connectivity index (χ2n) is 5.12. The van der Waals surface area contributed by atoms with Crippen molar-refractivity contribution in [3.8, 4) is 0 Å². The van der Waals surface area contributed by atoms with E-state index in [-0.39, 0.29) is 16.8 Å². The molecule has 3 N–H and O–H groups in total. The van der Waals surface area contributed by atoms with Gasteiger partial charge in [-0.05, 0) is 44.0 Å². The number of rotatable bonds is 4. The summed E-state index contributed by atoms with van der Waals surface area (Å²) >= 11 is 0. The molecule has 1 aromatic carbocycles. The van der Waals surface area contributed by atoms with Crippen LogP contribution in [0.15, 0.2) is 41.4 Å². The van der Waals surface area contributed by atoms with Crippen molar-refractivity contribution in [1.29, 1.82) is 0 Å². The second-order valence-corrected chi connectivity index (χ2v) is 6.84. The molecule has 112 valence electrons. The van der Waals surface area contributed by atoms with Gasteiger partial charge in [0.1, 0.15) is 10.7 Å². The van der Waals surface area contributed by atoms with Crippen LogP contribution in [-0.2, 0) is 10.0 Å². The number of nitrogen functional groups attached to an aromatic ring is 1. The van der Waals surface area contributed by atoms with Crippen molar-refractivity contribution < 1.29 is 8.42 Å². The highest BCUT2D eigenvalue weighted by Crippen LogP contribution is 2.21. The predicted molar refractivity (Wildman–Crippen MR) is 83.3 cm³/mol. The van der Waals surface area contributed by atoms with Crippen molar-refractivity contribution in [1.82, 2.24) is 9.71 Å². The first-order valence-electron chi connectivity index (χ1n) is 6.60. The van der Waals surface area contributed by atoms with Crippen molar-refractivity contribution in [2.24, 2.45) is 0 Å². The Balaban J connectivity index is 2.25. The summed E-state index contributed by atoms with van der Waals surface area (Å²) in [5, 5.41) is 0. The molecule has 1 heterocycles. The average Bonchev–Trinajstić information content (AvgIpc) is 2.38.